The molecule has 2 heteroatoms. The lowest BCUT2D eigenvalue weighted by Crippen LogP contribution is -2.30. The van der Waals surface area contributed by atoms with Crippen LogP contribution in [0.4, 0.5) is 0 Å². The van der Waals surface area contributed by atoms with Gasteiger partial charge in [-0.2, -0.15) is 0 Å². The van der Waals surface area contributed by atoms with Crippen molar-refractivity contribution in [1.82, 2.24) is 5.32 Å². The maximum atomic E-state index is 5.47. The van der Waals surface area contributed by atoms with Gasteiger partial charge < -0.3 is 10.1 Å². The van der Waals surface area contributed by atoms with Crippen LogP contribution >= 0.6 is 0 Å². The quantitative estimate of drug-likeness (QED) is 0.774. The number of rotatable bonds is 6. The second-order valence-electron chi connectivity index (χ2n) is 5.14. The third-order valence-corrected chi connectivity index (χ3v) is 3.72. The summed E-state index contributed by atoms with van der Waals surface area (Å²) < 4.78 is 5.47. The van der Waals surface area contributed by atoms with Crippen molar-refractivity contribution < 1.29 is 4.74 Å². The van der Waals surface area contributed by atoms with Crippen molar-refractivity contribution in [3.05, 3.63) is 42.5 Å². The Morgan fingerprint density at radius 2 is 2.11 bits per heavy atom. The fourth-order valence-electron chi connectivity index (χ4n) is 2.56. The number of hydrogen-bond acceptors (Lipinski definition) is 2. The van der Waals surface area contributed by atoms with Crippen LogP contribution in [0.3, 0.4) is 0 Å². The molecule has 0 heterocycles. The van der Waals surface area contributed by atoms with Gasteiger partial charge in [0, 0.05) is 12.6 Å². The number of hydrogen-bond donors (Lipinski definition) is 1. The van der Waals surface area contributed by atoms with Gasteiger partial charge in [0.15, 0.2) is 0 Å². The largest absolute Gasteiger partial charge is 0.490 e. The fourth-order valence-corrected chi connectivity index (χ4v) is 2.56. The molecule has 1 aromatic carbocycles. The summed E-state index contributed by atoms with van der Waals surface area (Å²) in [5, 5.41) is 3.65. The summed E-state index contributed by atoms with van der Waals surface area (Å²) in [4.78, 5) is 0. The molecule has 1 saturated carbocycles. The summed E-state index contributed by atoms with van der Waals surface area (Å²) in [7, 11) is 0. The molecule has 98 valence electrons. The van der Waals surface area contributed by atoms with E-state index in [2.05, 4.69) is 31.0 Å². The van der Waals surface area contributed by atoms with E-state index in [9.17, 15) is 0 Å². The Bertz CT molecular complexity index is 371. The minimum absolute atomic E-state index is 0.567. The predicted molar refractivity (Wildman–Crippen MR) is 75.8 cm³/mol. The van der Waals surface area contributed by atoms with Crippen molar-refractivity contribution in [2.24, 2.45) is 5.92 Å². The fraction of sp³-hybridized carbons (Fsp3) is 0.500. The van der Waals surface area contributed by atoms with Crippen LogP contribution in [0.2, 0.25) is 0 Å². The van der Waals surface area contributed by atoms with Crippen LogP contribution in [0.15, 0.2) is 36.9 Å². The molecule has 18 heavy (non-hydrogen) atoms. The Morgan fingerprint density at radius 1 is 1.33 bits per heavy atom. The summed E-state index contributed by atoms with van der Waals surface area (Å²) in [6, 6.07) is 9.01. The lowest BCUT2D eigenvalue weighted by molar-refractivity contribution is 0.363. The third kappa shape index (κ3) is 3.61. The van der Waals surface area contributed by atoms with Gasteiger partial charge in [-0.25, -0.2) is 0 Å². The van der Waals surface area contributed by atoms with Crippen molar-refractivity contribution in [2.75, 3.05) is 6.61 Å². The molecule has 0 amide bonds. The molecule has 1 N–H and O–H groups in total. The van der Waals surface area contributed by atoms with E-state index in [4.69, 9.17) is 4.74 Å². The molecule has 2 atom stereocenters. The first-order valence-corrected chi connectivity index (χ1v) is 6.85. The van der Waals surface area contributed by atoms with E-state index < -0.39 is 0 Å². The standard InChI is InChI=1S/C16H23NO/c1-3-11-18-15-9-7-14(8-10-15)12-17-16-6-4-5-13(16)2/h3,7-10,13,16-17H,1,4-6,11-12H2,2H3. The molecule has 2 unspecified atom stereocenters. The Labute approximate surface area is 110 Å². The average Bonchev–Trinajstić information content (AvgIpc) is 2.81. The zero-order valence-corrected chi connectivity index (χ0v) is 11.2. The maximum absolute atomic E-state index is 5.47. The molecule has 1 fully saturated rings. The molecule has 0 saturated heterocycles. The molecular weight excluding hydrogens is 222 g/mol. The Balaban J connectivity index is 1.80. The lowest BCUT2D eigenvalue weighted by atomic mass is 10.1. The summed E-state index contributed by atoms with van der Waals surface area (Å²) in [6.45, 7) is 7.50. The summed E-state index contributed by atoms with van der Waals surface area (Å²) in [5.74, 6) is 1.73. The molecule has 0 bridgehead atoms. The van der Waals surface area contributed by atoms with Crippen molar-refractivity contribution >= 4 is 0 Å². The minimum Gasteiger partial charge on any atom is -0.490 e. The monoisotopic (exact) mass is 245 g/mol. The van der Waals surface area contributed by atoms with E-state index >= 15 is 0 Å². The van der Waals surface area contributed by atoms with Crippen LogP contribution < -0.4 is 10.1 Å². The van der Waals surface area contributed by atoms with Crippen molar-refractivity contribution in [2.45, 2.75) is 38.8 Å². The van der Waals surface area contributed by atoms with Crippen molar-refractivity contribution in [1.29, 1.82) is 0 Å². The first-order valence-electron chi connectivity index (χ1n) is 6.85. The van der Waals surface area contributed by atoms with Gasteiger partial charge >= 0.3 is 0 Å². The number of nitrogens with one attached hydrogen (secondary N) is 1. The molecule has 0 spiro atoms. The molecule has 0 aliphatic heterocycles. The molecule has 0 radical (unpaired) electrons. The van der Waals surface area contributed by atoms with Gasteiger partial charge in [-0.3, -0.25) is 0 Å². The number of ether oxygens (including phenoxy) is 1. The molecule has 1 aromatic rings. The molecule has 2 nitrogen and oxygen atoms in total. The van der Waals surface area contributed by atoms with Crippen LogP contribution in [0.1, 0.15) is 31.7 Å². The molecule has 0 aromatic heterocycles. The van der Waals surface area contributed by atoms with Crippen molar-refractivity contribution in [3.63, 3.8) is 0 Å². The first-order chi connectivity index (χ1) is 8.79. The van der Waals surface area contributed by atoms with Gasteiger partial charge in [0.1, 0.15) is 12.4 Å². The second kappa shape index (κ2) is 6.60. The van der Waals surface area contributed by atoms with Gasteiger partial charge in [-0.05, 0) is 36.5 Å². The van der Waals surface area contributed by atoms with Gasteiger partial charge in [0.05, 0.1) is 0 Å². The highest BCUT2D eigenvalue weighted by Gasteiger charge is 2.22. The summed E-state index contributed by atoms with van der Waals surface area (Å²) in [5.41, 5.74) is 1.32. The minimum atomic E-state index is 0.567. The van der Waals surface area contributed by atoms with Crippen LogP contribution in [-0.4, -0.2) is 12.6 Å². The van der Waals surface area contributed by atoms with Crippen LogP contribution in [-0.2, 0) is 6.54 Å². The Hall–Kier alpha value is -1.28. The second-order valence-corrected chi connectivity index (χ2v) is 5.14. The molecule has 1 aliphatic carbocycles. The zero-order chi connectivity index (χ0) is 12.8. The van der Waals surface area contributed by atoms with Gasteiger partial charge in [0.2, 0.25) is 0 Å². The van der Waals surface area contributed by atoms with Gasteiger partial charge in [-0.1, -0.05) is 38.1 Å². The van der Waals surface area contributed by atoms with Gasteiger partial charge in [0.25, 0.3) is 0 Å². The van der Waals surface area contributed by atoms with E-state index in [-0.39, 0.29) is 0 Å². The van der Waals surface area contributed by atoms with E-state index in [0.29, 0.717) is 12.6 Å². The third-order valence-electron chi connectivity index (χ3n) is 3.72. The van der Waals surface area contributed by atoms with Gasteiger partial charge in [-0.15, -0.1) is 0 Å². The lowest BCUT2D eigenvalue weighted by Gasteiger charge is -2.17. The van der Waals surface area contributed by atoms with E-state index in [1.54, 1.807) is 6.08 Å². The van der Waals surface area contributed by atoms with Crippen LogP contribution in [0, 0.1) is 5.92 Å². The smallest absolute Gasteiger partial charge is 0.119 e. The maximum Gasteiger partial charge on any atom is 0.119 e. The number of benzene rings is 1. The highest BCUT2D eigenvalue weighted by Crippen LogP contribution is 2.25. The summed E-state index contributed by atoms with van der Waals surface area (Å²) in [6.07, 6.45) is 5.82. The van der Waals surface area contributed by atoms with Crippen LogP contribution in [0.5, 0.6) is 5.75 Å². The first kappa shape index (κ1) is 13.2. The van der Waals surface area contributed by atoms with E-state index in [1.807, 2.05) is 12.1 Å². The zero-order valence-electron chi connectivity index (χ0n) is 11.2. The Morgan fingerprint density at radius 3 is 2.72 bits per heavy atom. The summed E-state index contributed by atoms with van der Waals surface area (Å²) >= 11 is 0. The average molecular weight is 245 g/mol. The topological polar surface area (TPSA) is 21.3 Å². The molecular formula is C16H23NO. The normalized spacial score (nSPS) is 22.9. The van der Waals surface area contributed by atoms with Crippen LogP contribution in [0.25, 0.3) is 0 Å². The molecule has 1 aliphatic rings. The highest BCUT2D eigenvalue weighted by atomic mass is 16.5. The van der Waals surface area contributed by atoms with E-state index in [0.717, 1.165) is 18.2 Å². The van der Waals surface area contributed by atoms with E-state index in [1.165, 1.54) is 24.8 Å². The van der Waals surface area contributed by atoms with Crippen molar-refractivity contribution in [3.8, 4) is 5.75 Å². The highest BCUT2D eigenvalue weighted by molar-refractivity contribution is 5.27. The molecule has 2 rings (SSSR count). The Kier molecular flexibility index (Phi) is 4.82. The predicted octanol–water partition coefficient (Wildman–Crippen LogP) is 3.53. The SMILES string of the molecule is C=CCOc1ccc(CNC2CCCC2C)cc1.